The Kier molecular flexibility index (Phi) is 6.08. The van der Waals surface area contributed by atoms with Crippen LogP contribution in [-0.4, -0.2) is 52.7 Å². The number of piperidine rings is 1. The van der Waals surface area contributed by atoms with Crippen molar-refractivity contribution in [1.82, 2.24) is 15.3 Å². The van der Waals surface area contributed by atoms with E-state index < -0.39 is 12.6 Å². The van der Waals surface area contributed by atoms with E-state index in [9.17, 15) is 9.59 Å². The molecule has 28 heavy (non-hydrogen) atoms. The quantitative estimate of drug-likeness (QED) is 0.784. The Morgan fingerprint density at radius 3 is 2.57 bits per heavy atom. The predicted molar refractivity (Wildman–Crippen MR) is 104 cm³/mol. The molecule has 0 bridgehead atoms. The van der Waals surface area contributed by atoms with Crippen LogP contribution in [0.5, 0.6) is 5.75 Å². The van der Waals surface area contributed by atoms with E-state index in [4.69, 9.17) is 9.84 Å². The van der Waals surface area contributed by atoms with Gasteiger partial charge in [-0.2, -0.15) is 0 Å². The first-order valence-corrected chi connectivity index (χ1v) is 9.22. The van der Waals surface area contributed by atoms with E-state index in [-0.39, 0.29) is 11.9 Å². The number of benzene rings is 1. The Bertz CT molecular complexity index is 834. The van der Waals surface area contributed by atoms with Crippen molar-refractivity contribution in [2.75, 3.05) is 24.6 Å². The van der Waals surface area contributed by atoms with Gasteiger partial charge in [-0.05, 0) is 56.0 Å². The number of aromatic nitrogens is 2. The molecule has 3 rings (SSSR count). The minimum absolute atomic E-state index is 0.00797. The second kappa shape index (κ2) is 8.69. The van der Waals surface area contributed by atoms with Gasteiger partial charge in [-0.25, -0.2) is 14.8 Å². The van der Waals surface area contributed by atoms with Gasteiger partial charge in [-0.15, -0.1) is 0 Å². The van der Waals surface area contributed by atoms with E-state index >= 15 is 0 Å². The topological polar surface area (TPSA) is 105 Å². The Morgan fingerprint density at radius 1 is 1.25 bits per heavy atom. The molecular weight excluding hydrogens is 360 g/mol. The molecule has 2 heterocycles. The SMILES string of the molecule is Cc1cc(C(=O)NC2CCCN(c3ncccn3)C2)cc(C)c1OCC(=O)O. The fourth-order valence-electron chi connectivity index (χ4n) is 3.44. The van der Waals surface area contributed by atoms with Crippen molar-refractivity contribution in [1.29, 1.82) is 0 Å². The molecule has 1 atom stereocenters. The predicted octanol–water partition coefficient (Wildman–Crippen LogP) is 1.96. The highest BCUT2D eigenvalue weighted by Gasteiger charge is 2.24. The molecule has 2 N–H and O–H groups in total. The van der Waals surface area contributed by atoms with E-state index in [1.165, 1.54) is 0 Å². The average molecular weight is 384 g/mol. The van der Waals surface area contributed by atoms with Gasteiger partial charge in [-0.1, -0.05) is 0 Å². The summed E-state index contributed by atoms with van der Waals surface area (Å²) in [7, 11) is 0. The fourth-order valence-corrected chi connectivity index (χ4v) is 3.44. The van der Waals surface area contributed by atoms with Crippen molar-refractivity contribution in [3.8, 4) is 5.75 Å². The van der Waals surface area contributed by atoms with Gasteiger partial charge in [0.2, 0.25) is 5.95 Å². The zero-order chi connectivity index (χ0) is 20.1. The van der Waals surface area contributed by atoms with Gasteiger partial charge in [0, 0.05) is 37.1 Å². The van der Waals surface area contributed by atoms with Crippen molar-refractivity contribution in [2.45, 2.75) is 32.7 Å². The first-order valence-electron chi connectivity index (χ1n) is 9.22. The second-order valence-corrected chi connectivity index (χ2v) is 6.93. The highest BCUT2D eigenvalue weighted by atomic mass is 16.5. The molecule has 0 saturated carbocycles. The minimum atomic E-state index is -1.04. The van der Waals surface area contributed by atoms with Crippen LogP contribution in [0, 0.1) is 13.8 Å². The number of amides is 1. The van der Waals surface area contributed by atoms with E-state index in [1.54, 1.807) is 44.4 Å². The molecule has 1 unspecified atom stereocenters. The molecule has 1 aliphatic rings. The lowest BCUT2D eigenvalue weighted by Gasteiger charge is -2.33. The molecule has 2 aromatic rings. The summed E-state index contributed by atoms with van der Waals surface area (Å²) in [6.45, 7) is 4.72. The fraction of sp³-hybridized carbons (Fsp3) is 0.400. The number of carbonyl (C=O) groups excluding carboxylic acids is 1. The van der Waals surface area contributed by atoms with E-state index in [0.29, 0.717) is 23.8 Å². The van der Waals surface area contributed by atoms with Crippen molar-refractivity contribution >= 4 is 17.8 Å². The van der Waals surface area contributed by atoms with Crippen LogP contribution in [0.1, 0.15) is 34.3 Å². The van der Waals surface area contributed by atoms with Gasteiger partial charge in [0.15, 0.2) is 6.61 Å². The number of nitrogens with one attached hydrogen (secondary N) is 1. The zero-order valence-corrected chi connectivity index (χ0v) is 16.0. The number of aliphatic carboxylic acids is 1. The van der Waals surface area contributed by atoms with Crippen LogP contribution < -0.4 is 15.0 Å². The number of ether oxygens (including phenoxy) is 1. The number of carboxylic acid groups (broad SMARTS) is 1. The molecule has 0 spiro atoms. The summed E-state index contributed by atoms with van der Waals surface area (Å²) in [6.07, 6.45) is 5.27. The summed E-state index contributed by atoms with van der Waals surface area (Å²) in [5, 5.41) is 11.9. The first-order chi connectivity index (χ1) is 13.4. The highest BCUT2D eigenvalue weighted by Crippen LogP contribution is 2.25. The number of aryl methyl sites for hydroxylation is 2. The summed E-state index contributed by atoms with van der Waals surface area (Å²) < 4.78 is 5.32. The summed E-state index contributed by atoms with van der Waals surface area (Å²) in [4.78, 5) is 34.1. The monoisotopic (exact) mass is 384 g/mol. The third-order valence-corrected chi connectivity index (χ3v) is 4.65. The van der Waals surface area contributed by atoms with Gasteiger partial charge in [0.05, 0.1) is 0 Å². The maximum atomic E-state index is 12.7. The zero-order valence-electron chi connectivity index (χ0n) is 16.0. The number of hydrogen-bond acceptors (Lipinski definition) is 6. The molecule has 148 valence electrons. The molecule has 0 aliphatic carbocycles. The minimum Gasteiger partial charge on any atom is -0.481 e. The molecule has 8 nitrogen and oxygen atoms in total. The van der Waals surface area contributed by atoms with Gasteiger partial charge in [0.25, 0.3) is 5.91 Å². The molecule has 0 radical (unpaired) electrons. The van der Waals surface area contributed by atoms with Crippen molar-refractivity contribution in [2.24, 2.45) is 0 Å². The molecule has 1 saturated heterocycles. The van der Waals surface area contributed by atoms with Crippen molar-refractivity contribution in [3.63, 3.8) is 0 Å². The molecule has 1 aliphatic heterocycles. The lowest BCUT2D eigenvalue weighted by atomic mass is 10.0. The molecule has 8 heteroatoms. The normalized spacial score (nSPS) is 16.5. The number of hydrogen-bond donors (Lipinski definition) is 2. The molecule has 1 aromatic heterocycles. The summed E-state index contributed by atoms with van der Waals surface area (Å²) in [5.74, 6) is -0.0150. The van der Waals surface area contributed by atoms with Crippen LogP contribution in [0.3, 0.4) is 0 Å². The molecular formula is C20H24N4O4. The first kappa shape index (κ1) is 19.6. The van der Waals surface area contributed by atoms with Gasteiger partial charge < -0.3 is 20.1 Å². The Labute approximate surface area is 163 Å². The lowest BCUT2D eigenvalue weighted by Crippen LogP contribution is -2.48. The van der Waals surface area contributed by atoms with Crippen molar-refractivity contribution in [3.05, 3.63) is 47.3 Å². The molecule has 1 amide bonds. The average Bonchev–Trinajstić information content (AvgIpc) is 2.68. The maximum absolute atomic E-state index is 12.7. The summed E-state index contributed by atoms with van der Waals surface area (Å²) in [6, 6.07) is 5.23. The summed E-state index contributed by atoms with van der Waals surface area (Å²) >= 11 is 0. The van der Waals surface area contributed by atoms with E-state index in [2.05, 4.69) is 20.2 Å². The largest absolute Gasteiger partial charge is 0.481 e. The number of rotatable bonds is 6. The lowest BCUT2D eigenvalue weighted by molar-refractivity contribution is -0.139. The third-order valence-electron chi connectivity index (χ3n) is 4.65. The van der Waals surface area contributed by atoms with Crippen LogP contribution in [0.4, 0.5) is 5.95 Å². The van der Waals surface area contributed by atoms with Gasteiger partial charge in [0.1, 0.15) is 5.75 Å². The molecule has 1 fully saturated rings. The smallest absolute Gasteiger partial charge is 0.341 e. The number of carboxylic acids is 1. The number of carbonyl (C=O) groups is 2. The van der Waals surface area contributed by atoms with Gasteiger partial charge >= 0.3 is 5.97 Å². The highest BCUT2D eigenvalue weighted by molar-refractivity contribution is 5.95. The molecule has 1 aromatic carbocycles. The third kappa shape index (κ3) is 4.76. The van der Waals surface area contributed by atoms with Crippen LogP contribution in [0.15, 0.2) is 30.6 Å². The number of nitrogens with zero attached hydrogens (tertiary/aromatic N) is 3. The Hall–Kier alpha value is -3.16. The maximum Gasteiger partial charge on any atom is 0.341 e. The van der Waals surface area contributed by atoms with Crippen LogP contribution in [-0.2, 0) is 4.79 Å². The standard InChI is InChI=1S/C20H24N4O4/c1-13-9-15(10-14(2)18(13)28-12-17(25)26)19(27)23-16-5-3-8-24(11-16)20-21-6-4-7-22-20/h4,6-7,9-10,16H,3,5,8,11-12H2,1-2H3,(H,23,27)(H,25,26). The van der Waals surface area contributed by atoms with Crippen LogP contribution in [0.25, 0.3) is 0 Å². The number of anilines is 1. The Morgan fingerprint density at radius 2 is 1.93 bits per heavy atom. The van der Waals surface area contributed by atoms with E-state index in [0.717, 1.165) is 30.5 Å². The summed E-state index contributed by atoms with van der Waals surface area (Å²) in [5.41, 5.74) is 1.99. The Balaban J connectivity index is 1.66. The van der Waals surface area contributed by atoms with Gasteiger partial charge in [-0.3, -0.25) is 4.79 Å². The van der Waals surface area contributed by atoms with Crippen LogP contribution in [0.2, 0.25) is 0 Å². The second-order valence-electron chi connectivity index (χ2n) is 6.93. The van der Waals surface area contributed by atoms with Crippen LogP contribution >= 0.6 is 0 Å². The van der Waals surface area contributed by atoms with Crippen molar-refractivity contribution < 1.29 is 19.4 Å². The van der Waals surface area contributed by atoms with E-state index in [1.807, 2.05) is 0 Å².